The average Bonchev–Trinajstić information content (AvgIpc) is 2.44. The van der Waals surface area contributed by atoms with Crippen LogP contribution >= 0.6 is 15.9 Å². The molecule has 0 saturated carbocycles. The molecule has 0 aliphatic rings. The minimum Gasteiger partial charge on any atom is -0.379 e. The highest BCUT2D eigenvalue weighted by molar-refractivity contribution is 9.09. The molecule has 0 aromatic carbocycles. The summed E-state index contributed by atoms with van der Waals surface area (Å²) in [5.41, 5.74) is 0.119. The van der Waals surface area contributed by atoms with Gasteiger partial charge in [-0.15, -0.1) is 6.58 Å². The standard InChI is InChI=1S/C15H29BrO3/c1-4-6-8-17-10-12-19-13-11-18-9-7-15(3,5-2)14-16/h5H,2,4,6-14H2,1,3H3. The fourth-order valence-corrected chi connectivity index (χ4v) is 1.83. The smallest absolute Gasteiger partial charge is 0.0701 e. The normalized spacial score (nSPS) is 14.3. The fourth-order valence-electron chi connectivity index (χ4n) is 1.32. The molecule has 0 fully saturated rings. The molecule has 1 unspecified atom stereocenters. The molecule has 0 bridgehead atoms. The summed E-state index contributed by atoms with van der Waals surface area (Å²) in [6, 6.07) is 0. The second-order valence-electron chi connectivity index (χ2n) is 4.93. The Morgan fingerprint density at radius 1 is 1.00 bits per heavy atom. The summed E-state index contributed by atoms with van der Waals surface area (Å²) in [6.45, 7) is 12.4. The van der Waals surface area contributed by atoms with Crippen LogP contribution in [-0.2, 0) is 14.2 Å². The fraction of sp³-hybridized carbons (Fsp3) is 0.867. The quantitative estimate of drug-likeness (QED) is 0.274. The Kier molecular flexibility index (Phi) is 13.2. The second kappa shape index (κ2) is 13.1. The van der Waals surface area contributed by atoms with Crippen LogP contribution in [0.4, 0.5) is 0 Å². The summed E-state index contributed by atoms with van der Waals surface area (Å²) in [6.07, 6.45) is 5.25. The van der Waals surface area contributed by atoms with Gasteiger partial charge in [0, 0.05) is 18.5 Å². The summed E-state index contributed by atoms with van der Waals surface area (Å²) in [5.74, 6) is 0. The number of allylic oxidation sites excluding steroid dienone is 1. The van der Waals surface area contributed by atoms with Gasteiger partial charge in [-0.2, -0.15) is 0 Å². The Morgan fingerprint density at radius 2 is 1.53 bits per heavy atom. The van der Waals surface area contributed by atoms with Crippen LogP contribution in [0.2, 0.25) is 0 Å². The number of ether oxygens (including phenoxy) is 3. The lowest BCUT2D eigenvalue weighted by Crippen LogP contribution is -2.18. The lowest BCUT2D eigenvalue weighted by atomic mass is 9.90. The maximum atomic E-state index is 5.54. The van der Waals surface area contributed by atoms with Crippen LogP contribution in [0.15, 0.2) is 12.7 Å². The van der Waals surface area contributed by atoms with Crippen LogP contribution in [0.5, 0.6) is 0 Å². The summed E-state index contributed by atoms with van der Waals surface area (Å²) >= 11 is 3.50. The Hall–Kier alpha value is 0.1000. The number of halogens is 1. The van der Waals surface area contributed by atoms with Gasteiger partial charge in [0.1, 0.15) is 0 Å². The van der Waals surface area contributed by atoms with Gasteiger partial charge in [-0.05, 0) is 18.3 Å². The Balaban J connectivity index is 3.21. The van der Waals surface area contributed by atoms with Crippen molar-refractivity contribution in [2.45, 2.75) is 33.1 Å². The maximum Gasteiger partial charge on any atom is 0.0701 e. The van der Waals surface area contributed by atoms with Crippen molar-refractivity contribution in [3.63, 3.8) is 0 Å². The molecule has 4 heteroatoms. The van der Waals surface area contributed by atoms with Crippen LogP contribution in [0.25, 0.3) is 0 Å². The maximum absolute atomic E-state index is 5.54. The molecule has 0 aromatic rings. The third-order valence-electron chi connectivity index (χ3n) is 3.00. The van der Waals surface area contributed by atoms with E-state index in [9.17, 15) is 0 Å². The first-order chi connectivity index (χ1) is 9.18. The topological polar surface area (TPSA) is 27.7 Å². The van der Waals surface area contributed by atoms with E-state index in [0.717, 1.165) is 31.4 Å². The van der Waals surface area contributed by atoms with Crippen LogP contribution in [0.1, 0.15) is 33.1 Å². The molecular formula is C15H29BrO3. The van der Waals surface area contributed by atoms with Crippen LogP contribution in [0, 0.1) is 5.41 Å². The molecule has 1 atom stereocenters. The summed E-state index contributed by atoms with van der Waals surface area (Å²) in [4.78, 5) is 0. The molecule has 3 nitrogen and oxygen atoms in total. The van der Waals surface area contributed by atoms with E-state index in [1.54, 1.807) is 0 Å². The summed E-state index contributed by atoms with van der Waals surface area (Å²) < 4.78 is 16.4. The van der Waals surface area contributed by atoms with Crippen molar-refractivity contribution in [2.75, 3.05) is 45.0 Å². The van der Waals surface area contributed by atoms with Gasteiger partial charge < -0.3 is 14.2 Å². The van der Waals surface area contributed by atoms with E-state index in [0.29, 0.717) is 26.4 Å². The van der Waals surface area contributed by atoms with E-state index in [1.165, 1.54) is 6.42 Å². The van der Waals surface area contributed by atoms with E-state index >= 15 is 0 Å². The highest BCUT2D eigenvalue weighted by Crippen LogP contribution is 2.24. The zero-order valence-corrected chi connectivity index (χ0v) is 14.0. The molecule has 0 rings (SSSR count). The monoisotopic (exact) mass is 336 g/mol. The molecule has 0 spiro atoms. The Morgan fingerprint density at radius 3 is 2.00 bits per heavy atom. The molecule has 0 radical (unpaired) electrons. The van der Waals surface area contributed by atoms with E-state index in [4.69, 9.17) is 14.2 Å². The first-order valence-electron chi connectivity index (χ1n) is 7.11. The van der Waals surface area contributed by atoms with Gasteiger partial charge in [0.2, 0.25) is 0 Å². The third kappa shape index (κ3) is 11.6. The van der Waals surface area contributed by atoms with Gasteiger partial charge >= 0.3 is 0 Å². The van der Waals surface area contributed by atoms with E-state index in [-0.39, 0.29) is 5.41 Å². The van der Waals surface area contributed by atoms with Crippen molar-refractivity contribution < 1.29 is 14.2 Å². The zero-order chi connectivity index (χ0) is 14.4. The number of hydrogen-bond donors (Lipinski definition) is 0. The lowest BCUT2D eigenvalue weighted by molar-refractivity contribution is 0.0110. The first-order valence-corrected chi connectivity index (χ1v) is 8.23. The number of rotatable bonds is 14. The molecule has 0 amide bonds. The van der Waals surface area contributed by atoms with Crippen molar-refractivity contribution in [3.8, 4) is 0 Å². The molecular weight excluding hydrogens is 308 g/mol. The predicted octanol–water partition coefficient (Wildman–Crippen LogP) is 3.81. The van der Waals surface area contributed by atoms with Crippen molar-refractivity contribution in [1.29, 1.82) is 0 Å². The molecule has 0 aromatic heterocycles. The molecule has 0 heterocycles. The van der Waals surface area contributed by atoms with Gasteiger partial charge in [0.25, 0.3) is 0 Å². The van der Waals surface area contributed by atoms with Gasteiger partial charge in [-0.1, -0.05) is 42.3 Å². The Bertz CT molecular complexity index is 212. The van der Waals surface area contributed by atoms with E-state index in [2.05, 4.69) is 36.4 Å². The van der Waals surface area contributed by atoms with Crippen molar-refractivity contribution in [2.24, 2.45) is 5.41 Å². The molecule has 0 saturated heterocycles. The second-order valence-corrected chi connectivity index (χ2v) is 5.49. The first kappa shape index (κ1) is 19.1. The minimum atomic E-state index is 0.119. The number of unbranched alkanes of at least 4 members (excludes halogenated alkanes) is 1. The van der Waals surface area contributed by atoms with Crippen molar-refractivity contribution >= 4 is 15.9 Å². The van der Waals surface area contributed by atoms with Gasteiger partial charge in [-0.3, -0.25) is 0 Å². The molecule has 19 heavy (non-hydrogen) atoms. The van der Waals surface area contributed by atoms with Crippen molar-refractivity contribution in [1.82, 2.24) is 0 Å². The predicted molar refractivity (Wildman–Crippen MR) is 84.1 cm³/mol. The minimum absolute atomic E-state index is 0.119. The SMILES string of the molecule is C=CC(C)(CBr)CCOCCOCCOCCCC. The highest BCUT2D eigenvalue weighted by atomic mass is 79.9. The highest BCUT2D eigenvalue weighted by Gasteiger charge is 2.17. The molecule has 0 N–H and O–H groups in total. The third-order valence-corrected chi connectivity index (χ3v) is 4.28. The lowest BCUT2D eigenvalue weighted by Gasteiger charge is -2.22. The zero-order valence-electron chi connectivity index (χ0n) is 12.5. The average molecular weight is 337 g/mol. The van der Waals surface area contributed by atoms with Crippen molar-refractivity contribution in [3.05, 3.63) is 12.7 Å². The van der Waals surface area contributed by atoms with E-state index < -0.39 is 0 Å². The van der Waals surface area contributed by atoms with Gasteiger partial charge in [0.15, 0.2) is 0 Å². The number of hydrogen-bond acceptors (Lipinski definition) is 3. The summed E-state index contributed by atoms with van der Waals surface area (Å²) in [5, 5.41) is 0.915. The molecule has 0 aliphatic carbocycles. The van der Waals surface area contributed by atoms with Crippen LogP contribution < -0.4 is 0 Å². The van der Waals surface area contributed by atoms with E-state index in [1.807, 2.05) is 6.08 Å². The summed E-state index contributed by atoms with van der Waals surface area (Å²) in [7, 11) is 0. The molecule has 114 valence electrons. The Labute approximate surface area is 126 Å². The largest absolute Gasteiger partial charge is 0.379 e. The van der Waals surface area contributed by atoms with Gasteiger partial charge in [0.05, 0.1) is 26.4 Å². The van der Waals surface area contributed by atoms with Gasteiger partial charge in [-0.25, -0.2) is 0 Å². The van der Waals surface area contributed by atoms with Crippen LogP contribution in [-0.4, -0.2) is 45.0 Å². The molecule has 0 aliphatic heterocycles. The van der Waals surface area contributed by atoms with Crippen LogP contribution in [0.3, 0.4) is 0 Å². The number of alkyl halides is 1.